The fourth-order valence-corrected chi connectivity index (χ4v) is 5.37. The maximum absolute atomic E-state index is 12.2. The molecule has 0 aliphatic carbocycles. The molecule has 0 aromatic carbocycles. The van der Waals surface area contributed by atoms with Crippen LogP contribution in [0.5, 0.6) is 0 Å². The minimum Gasteiger partial charge on any atom is -0.466 e. The van der Waals surface area contributed by atoms with Crippen molar-refractivity contribution in [3.05, 3.63) is 0 Å². The molecule has 0 aromatic rings. The van der Waals surface area contributed by atoms with Crippen molar-refractivity contribution in [3.8, 4) is 0 Å². The van der Waals surface area contributed by atoms with Gasteiger partial charge in [0.2, 0.25) is 0 Å². The van der Waals surface area contributed by atoms with E-state index in [9.17, 15) is 9.59 Å². The zero-order chi connectivity index (χ0) is 28.8. The number of Topliss-reactive ketones (excluding diaryl/α,β-unsaturated/α-hetero) is 1. The molecule has 0 heterocycles. The van der Waals surface area contributed by atoms with E-state index in [2.05, 4.69) is 18.7 Å². The number of aliphatic hydroxyl groups is 1. The molecule has 0 spiro atoms. The van der Waals surface area contributed by atoms with Gasteiger partial charge in [0.1, 0.15) is 5.78 Å². The highest BCUT2D eigenvalue weighted by molar-refractivity contribution is 5.75. The predicted molar refractivity (Wildman–Crippen MR) is 166 cm³/mol. The molecule has 0 bridgehead atoms. The Morgan fingerprint density at radius 1 is 0.615 bits per heavy atom. The van der Waals surface area contributed by atoms with Crippen LogP contribution in [0, 0.1) is 5.92 Å². The summed E-state index contributed by atoms with van der Waals surface area (Å²) in [6, 6.07) is 0. The van der Waals surface area contributed by atoms with Crippen LogP contribution in [0.4, 0.5) is 0 Å². The van der Waals surface area contributed by atoms with E-state index in [1.165, 1.54) is 89.9 Å². The topological polar surface area (TPSA) is 66.8 Å². The summed E-state index contributed by atoms with van der Waals surface area (Å²) in [5.74, 6) is 1.02. The van der Waals surface area contributed by atoms with Crippen LogP contribution in [0.2, 0.25) is 0 Å². The number of ether oxygens (including phenoxy) is 1. The lowest BCUT2D eigenvalue weighted by molar-refractivity contribution is -0.144. The summed E-state index contributed by atoms with van der Waals surface area (Å²) < 4.78 is 5.59. The van der Waals surface area contributed by atoms with E-state index in [1.807, 2.05) is 0 Å². The largest absolute Gasteiger partial charge is 0.466 e. The molecule has 5 heteroatoms. The lowest BCUT2D eigenvalue weighted by Crippen LogP contribution is -2.27. The van der Waals surface area contributed by atoms with E-state index in [0.717, 1.165) is 76.9 Å². The molecule has 0 amide bonds. The molecular formula is C34H67NO4. The van der Waals surface area contributed by atoms with Gasteiger partial charge in [-0.05, 0) is 77.4 Å². The summed E-state index contributed by atoms with van der Waals surface area (Å²) in [7, 11) is 0. The Balaban J connectivity index is 3.92. The first kappa shape index (κ1) is 38.1. The average Bonchev–Trinajstić information content (AvgIpc) is 2.91. The molecule has 0 atom stereocenters. The van der Waals surface area contributed by atoms with Gasteiger partial charge in [-0.1, -0.05) is 104 Å². The second kappa shape index (κ2) is 30.0. The number of rotatable bonds is 31. The Hall–Kier alpha value is -0.940. The highest BCUT2D eigenvalue weighted by Crippen LogP contribution is 2.21. The van der Waals surface area contributed by atoms with Crippen LogP contribution in [0.1, 0.15) is 168 Å². The molecular weight excluding hydrogens is 486 g/mol. The molecule has 232 valence electrons. The molecule has 0 rings (SSSR count). The Morgan fingerprint density at radius 2 is 1.10 bits per heavy atom. The highest BCUT2D eigenvalue weighted by Gasteiger charge is 2.11. The lowest BCUT2D eigenvalue weighted by atomic mass is 9.92. The lowest BCUT2D eigenvalue weighted by Gasteiger charge is -2.22. The summed E-state index contributed by atoms with van der Waals surface area (Å²) in [5.41, 5.74) is 0. The minimum atomic E-state index is -0.00721. The van der Waals surface area contributed by atoms with Gasteiger partial charge in [-0.3, -0.25) is 4.79 Å². The smallest absolute Gasteiger partial charge is 0.305 e. The number of nitrogens with zero attached hydrogens (tertiary/aromatic N) is 1. The highest BCUT2D eigenvalue weighted by atomic mass is 16.5. The van der Waals surface area contributed by atoms with Crippen molar-refractivity contribution in [3.63, 3.8) is 0 Å². The van der Waals surface area contributed by atoms with Gasteiger partial charge in [-0.15, -0.1) is 0 Å². The van der Waals surface area contributed by atoms with E-state index in [1.54, 1.807) is 6.92 Å². The zero-order valence-electron chi connectivity index (χ0n) is 26.5. The van der Waals surface area contributed by atoms with E-state index in [0.29, 0.717) is 18.8 Å². The van der Waals surface area contributed by atoms with Gasteiger partial charge in [0.05, 0.1) is 6.61 Å². The maximum atomic E-state index is 12.2. The Morgan fingerprint density at radius 3 is 1.62 bits per heavy atom. The molecule has 0 unspecified atom stereocenters. The number of ketones is 1. The molecule has 0 aliphatic heterocycles. The van der Waals surface area contributed by atoms with Gasteiger partial charge < -0.3 is 19.5 Å². The van der Waals surface area contributed by atoms with Crippen LogP contribution in [-0.2, 0) is 14.3 Å². The first-order valence-corrected chi connectivity index (χ1v) is 17.0. The van der Waals surface area contributed by atoms with Gasteiger partial charge in [-0.2, -0.15) is 0 Å². The number of hydrogen-bond acceptors (Lipinski definition) is 5. The van der Waals surface area contributed by atoms with Crippen LogP contribution in [0.15, 0.2) is 0 Å². The molecule has 0 fully saturated rings. The third-order valence-electron chi connectivity index (χ3n) is 7.96. The summed E-state index contributed by atoms with van der Waals surface area (Å²) in [6.45, 7) is 10.4. The first-order chi connectivity index (χ1) is 19.0. The molecule has 1 N–H and O–H groups in total. The van der Waals surface area contributed by atoms with Gasteiger partial charge in [0.15, 0.2) is 0 Å². The number of aliphatic hydroxyl groups excluding tert-OH is 1. The molecule has 0 aromatic heterocycles. The average molecular weight is 554 g/mol. The van der Waals surface area contributed by atoms with Crippen LogP contribution in [-0.4, -0.2) is 54.6 Å². The van der Waals surface area contributed by atoms with E-state index >= 15 is 0 Å². The quantitative estimate of drug-likeness (QED) is 0.0685. The second-order valence-electron chi connectivity index (χ2n) is 11.9. The third kappa shape index (κ3) is 28.4. The molecule has 0 radical (unpaired) electrons. The Bertz CT molecular complexity index is 529. The summed E-state index contributed by atoms with van der Waals surface area (Å²) in [4.78, 5) is 25.8. The molecule has 0 aliphatic rings. The SMILES string of the molecule is CCCCCC(CCCCC)CCOC(=O)CCCCCCCN(CCCCO)CCCCCCCC(C)=O. The fourth-order valence-electron chi connectivity index (χ4n) is 5.37. The van der Waals surface area contributed by atoms with E-state index in [4.69, 9.17) is 9.84 Å². The second-order valence-corrected chi connectivity index (χ2v) is 11.9. The Labute approximate surface area is 243 Å². The maximum Gasteiger partial charge on any atom is 0.305 e. The van der Waals surface area contributed by atoms with Crippen LogP contribution in [0.3, 0.4) is 0 Å². The number of esters is 1. The van der Waals surface area contributed by atoms with Crippen molar-refractivity contribution in [1.29, 1.82) is 0 Å². The Kier molecular flexibility index (Phi) is 29.3. The number of carbonyl (C=O) groups excluding carboxylic acids is 2. The van der Waals surface area contributed by atoms with Gasteiger partial charge in [0.25, 0.3) is 0 Å². The molecule has 39 heavy (non-hydrogen) atoms. The fraction of sp³-hybridized carbons (Fsp3) is 0.941. The summed E-state index contributed by atoms with van der Waals surface area (Å²) in [6.07, 6.45) is 26.2. The van der Waals surface area contributed by atoms with Crippen LogP contribution in [0.25, 0.3) is 0 Å². The molecule has 0 saturated carbocycles. The number of unbranched alkanes of at least 4 members (excludes halogenated alkanes) is 13. The minimum absolute atomic E-state index is 0.00721. The standard InChI is InChI=1S/C34H67NO4/c1-4-6-14-23-33(24-15-7-5-2)26-31-39-34(38)25-17-11-9-13-19-28-35(29-20-21-30-36)27-18-12-8-10-16-22-32(3)37/h33,36H,4-31H2,1-3H3. The van der Waals surface area contributed by atoms with Crippen LogP contribution < -0.4 is 0 Å². The van der Waals surface area contributed by atoms with E-state index < -0.39 is 0 Å². The van der Waals surface area contributed by atoms with Gasteiger partial charge in [-0.25, -0.2) is 0 Å². The van der Waals surface area contributed by atoms with Crippen molar-refractivity contribution in [2.45, 2.75) is 168 Å². The summed E-state index contributed by atoms with van der Waals surface area (Å²) >= 11 is 0. The summed E-state index contributed by atoms with van der Waals surface area (Å²) in [5, 5.41) is 9.13. The van der Waals surface area contributed by atoms with E-state index in [-0.39, 0.29) is 12.6 Å². The third-order valence-corrected chi connectivity index (χ3v) is 7.96. The zero-order valence-corrected chi connectivity index (χ0v) is 26.5. The normalized spacial score (nSPS) is 11.5. The number of hydrogen-bond donors (Lipinski definition) is 1. The van der Waals surface area contributed by atoms with Crippen molar-refractivity contribution >= 4 is 11.8 Å². The molecule has 0 saturated heterocycles. The number of carbonyl (C=O) groups is 2. The monoisotopic (exact) mass is 554 g/mol. The molecule has 5 nitrogen and oxygen atoms in total. The first-order valence-electron chi connectivity index (χ1n) is 17.0. The van der Waals surface area contributed by atoms with Crippen molar-refractivity contribution in [2.24, 2.45) is 5.92 Å². The van der Waals surface area contributed by atoms with Crippen molar-refractivity contribution < 1.29 is 19.4 Å². The predicted octanol–water partition coefficient (Wildman–Crippen LogP) is 9.04. The van der Waals surface area contributed by atoms with Crippen LogP contribution >= 0.6 is 0 Å². The van der Waals surface area contributed by atoms with Crippen molar-refractivity contribution in [2.75, 3.05) is 32.8 Å². The van der Waals surface area contributed by atoms with Crippen molar-refractivity contribution in [1.82, 2.24) is 4.90 Å². The van der Waals surface area contributed by atoms with Gasteiger partial charge in [0, 0.05) is 19.4 Å². The van der Waals surface area contributed by atoms with Gasteiger partial charge >= 0.3 is 5.97 Å².